The number of hydrogen-bond donors (Lipinski definition) is 0. The lowest BCUT2D eigenvalue weighted by molar-refractivity contribution is 0.394. The Labute approximate surface area is 139 Å². The second-order valence-corrected chi connectivity index (χ2v) is 5.25. The molecule has 0 amide bonds. The van der Waals surface area contributed by atoms with Gasteiger partial charge < -0.3 is 9.47 Å². The van der Waals surface area contributed by atoms with Crippen LogP contribution in [-0.2, 0) is 0 Å². The summed E-state index contributed by atoms with van der Waals surface area (Å²) >= 11 is 12.1. The molecule has 0 bridgehead atoms. The molecule has 0 atom stereocenters. The van der Waals surface area contributed by atoms with Crippen LogP contribution in [0.3, 0.4) is 0 Å². The van der Waals surface area contributed by atoms with Crippen molar-refractivity contribution >= 4 is 34.9 Å². The molecule has 5 heteroatoms. The summed E-state index contributed by atoms with van der Waals surface area (Å²) in [6.45, 7) is 0. The van der Waals surface area contributed by atoms with Crippen LogP contribution in [0.1, 0.15) is 11.1 Å². The largest absolute Gasteiger partial charge is 0.496 e. The van der Waals surface area contributed by atoms with Crippen molar-refractivity contribution < 1.29 is 9.47 Å². The zero-order chi connectivity index (χ0) is 16.1. The minimum atomic E-state index is 0.443. The number of nitriles is 1. The zero-order valence-electron chi connectivity index (χ0n) is 12.1. The number of hydrogen-bond acceptors (Lipinski definition) is 3. The summed E-state index contributed by atoms with van der Waals surface area (Å²) in [5, 5.41) is 10.4. The monoisotopic (exact) mass is 333 g/mol. The summed E-state index contributed by atoms with van der Waals surface area (Å²) in [6.07, 6.45) is 1.70. The van der Waals surface area contributed by atoms with E-state index in [2.05, 4.69) is 6.07 Å². The highest BCUT2D eigenvalue weighted by molar-refractivity contribution is 6.32. The first-order valence-electron chi connectivity index (χ1n) is 6.38. The van der Waals surface area contributed by atoms with Crippen molar-refractivity contribution in [3.8, 4) is 17.6 Å². The zero-order valence-corrected chi connectivity index (χ0v) is 13.6. The molecule has 3 nitrogen and oxygen atoms in total. The molecule has 0 saturated carbocycles. The molecule has 2 aromatic carbocycles. The molecule has 0 heterocycles. The quantitative estimate of drug-likeness (QED) is 0.579. The van der Waals surface area contributed by atoms with E-state index < -0.39 is 0 Å². The number of nitrogens with zero attached hydrogens (tertiary/aromatic N) is 1. The van der Waals surface area contributed by atoms with Crippen LogP contribution in [0.5, 0.6) is 11.5 Å². The summed E-state index contributed by atoms with van der Waals surface area (Å²) < 4.78 is 10.5. The molecule has 0 spiro atoms. The minimum Gasteiger partial charge on any atom is -0.496 e. The van der Waals surface area contributed by atoms with Gasteiger partial charge in [-0.05, 0) is 29.8 Å². The first-order valence-corrected chi connectivity index (χ1v) is 7.14. The number of methoxy groups -OCH3 is 2. The Hall–Kier alpha value is -2.15. The van der Waals surface area contributed by atoms with Crippen molar-refractivity contribution in [2.45, 2.75) is 0 Å². The van der Waals surface area contributed by atoms with Gasteiger partial charge in [0.1, 0.15) is 11.5 Å². The number of rotatable bonds is 4. The highest BCUT2D eigenvalue weighted by atomic mass is 35.5. The lowest BCUT2D eigenvalue weighted by Crippen LogP contribution is -1.92. The fourth-order valence-electron chi connectivity index (χ4n) is 1.99. The van der Waals surface area contributed by atoms with Crippen molar-refractivity contribution in [1.82, 2.24) is 0 Å². The normalized spacial score (nSPS) is 11.0. The third-order valence-corrected chi connectivity index (χ3v) is 3.59. The topological polar surface area (TPSA) is 42.2 Å². The third kappa shape index (κ3) is 3.54. The van der Waals surface area contributed by atoms with E-state index in [1.165, 1.54) is 7.11 Å². The summed E-state index contributed by atoms with van der Waals surface area (Å²) in [4.78, 5) is 0. The van der Waals surface area contributed by atoms with Crippen molar-refractivity contribution in [1.29, 1.82) is 5.26 Å². The number of halogens is 2. The van der Waals surface area contributed by atoms with E-state index in [1.807, 2.05) is 6.07 Å². The van der Waals surface area contributed by atoms with Gasteiger partial charge in [-0.25, -0.2) is 0 Å². The molecular weight excluding hydrogens is 321 g/mol. The molecule has 0 unspecified atom stereocenters. The van der Waals surface area contributed by atoms with E-state index in [9.17, 15) is 5.26 Å². The maximum Gasteiger partial charge on any atom is 0.141 e. The van der Waals surface area contributed by atoms with Gasteiger partial charge in [-0.1, -0.05) is 35.3 Å². The van der Waals surface area contributed by atoms with Gasteiger partial charge in [-0.2, -0.15) is 5.26 Å². The lowest BCUT2D eigenvalue weighted by atomic mass is 10.0. The van der Waals surface area contributed by atoms with E-state index in [0.29, 0.717) is 32.7 Å². The summed E-state index contributed by atoms with van der Waals surface area (Å²) in [5.41, 5.74) is 1.87. The highest BCUT2D eigenvalue weighted by Crippen LogP contribution is 2.34. The Bertz CT molecular complexity index is 764. The summed E-state index contributed by atoms with van der Waals surface area (Å²) in [7, 11) is 3.08. The predicted octanol–water partition coefficient (Wildman–Crippen LogP) is 5.07. The molecule has 2 aromatic rings. The summed E-state index contributed by atoms with van der Waals surface area (Å²) in [5.74, 6) is 1.08. The molecule has 22 heavy (non-hydrogen) atoms. The Balaban J connectivity index is 2.55. The van der Waals surface area contributed by atoms with Crippen LogP contribution in [0.2, 0.25) is 10.0 Å². The smallest absolute Gasteiger partial charge is 0.141 e. The Morgan fingerprint density at radius 1 is 1.09 bits per heavy atom. The third-order valence-electron chi connectivity index (χ3n) is 3.06. The van der Waals surface area contributed by atoms with E-state index in [4.69, 9.17) is 32.7 Å². The number of benzene rings is 2. The van der Waals surface area contributed by atoms with Crippen LogP contribution in [0.4, 0.5) is 0 Å². The molecule has 112 valence electrons. The van der Waals surface area contributed by atoms with E-state index >= 15 is 0 Å². The fourth-order valence-corrected chi connectivity index (χ4v) is 2.43. The van der Waals surface area contributed by atoms with Gasteiger partial charge in [0.05, 0.1) is 30.9 Å². The second kappa shape index (κ2) is 7.22. The summed E-state index contributed by atoms with van der Waals surface area (Å²) in [6, 6.07) is 12.6. The van der Waals surface area contributed by atoms with Crippen LogP contribution < -0.4 is 9.47 Å². The van der Waals surface area contributed by atoms with Gasteiger partial charge in [-0.3, -0.25) is 0 Å². The number of ether oxygens (including phenoxy) is 2. The maximum atomic E-state index is 9.41. The first kappa shape index (κ1) is 16.2. The Morgan fingerprint density at radius 3 is 2.41 bits per heavy atom. The van der Waals surface area contributed by atoms with Crippen LogP contribution in [0.25, 0.3) is 11.6 Å². The van der Waals surface area contributed by atoms with Gasteiger partial charge in [0.2, 0.25) is 0 Å². The van der Waals surface area contributed by atoms with Gasteiger partial charge in [0, 0.05) is 16.7 Å². The predicted molar refractivity (Wildman–Crippen MR) is 89.5 cm³/mol. The molecule has 0 N–H and O–H groups in total. The van der Waals surface area contributed by atoms with Crippen LogP contribution in [0.15, 0.2) is 36.4 Å². The average Bonchev–Trinajstić information content (AvgIpc) is 2.52. The SMILES string of the molecule is COc1cc(OC)c(/C=C(/C#N)c2cccc(Cl)c2)cc1Cl. The molecule has 0 saturated heterocycles. The van der Waals surface area contributed by atoms with Gasteiger partial charge in [0.25, 0.3) is 0 Å². The van der Waals surface area contributed by atoms with E-state index in [-0.39, 0.29) is 0 Å². The second-order valence-electron chi connectivity index (χ2n) is 4.41. The average molecular weight is 334 g/mol. The molecule has 0 fully saturated rings. The van der Waals surface area contributed by atoms with Crippen LogP contribution in [0, 0.1) is 11.3 Å². The molecule has 0 radical (unpaired) electrons. The maximum absolute atomic E-state index is 9.41. The molecule has 2 rings (SSSR count). The first-order chi connectivity index (χ1) is 10.6. The molecule has 0 aliphatic carbocycles. The Kier molecular flexibility index (Phi) is 5.32. The molecular formula is C17H13Cl2NO2. The highest BCUT2D eigenvalue weighted by Gasteiger charge is 2.10. The molecule has 0 aliphatic heterocycles. The van der Waals surface area contributed by atoms with Gasteiger partial charge >= 0.3 is 0 Å². The van der Waals surface area contributed by atoms with Crippen molar-refractivity contribution in [2.24, 2.45) is 0 Å². The Morgan fingerprint density at radius 2 is 1.82 bits per heavy atom. The van der Waals surface area contributed by atoms with E-state index in [0.717, 1.165) is 5.56 Å². The van der Waals surface area contributed by atoms with Crippen molar-refractivity contribution in [3.63, 3.8) is 0 Å². The number of allylic oxidation sites excluding steroid dienone is 1. The standard InChI is InChI=1S/C17H13Cl2NO2/c1-21-16-9-17(22-2)15(19)8-12(16)6-13(10-20)11-4-3-5-14(18)7-11/h3-9H,1-2H3/b13-6-. The molecule has 0 aliphatic rings. The minimum absolute atomic E-state index is 0.443. The fraction of sp³-hybridized carbons (Fsp3) is 0.118. The van der Waals surface area contributed by atoms with Crippen LogP contribution in [-0.4, -0.2) is 14.2 Å². The van der Waals surface area contributed by atoms with Crippen LogP contribution >= 0.6 is 23.2 Å². The van der Waals surface area contributed by atoms with E-state index in [1.54, 1.807) is 43.5 Å². The van der Waals surface area contributed by atoms with Crippen molar-refractivity contribution in [3.05, 3.63) is 57.6 Å². The van der Waals surface area contributed by atoms with Crippen molar-refractivity contribution in [2.75, 3.05) is 14.2 Å². The molecule has 0 aromatic heterocycles. The van der Waals surface area contributed by atoms with Gasteiger partial charge in [-0.15, -0.1) is 0 Å². The van der Waals surface area contributed by atoms with Gasteiger partial charge in [0.15, 0.2) is 0 Å². The lowest BCUT2D eigenvalue weighted by Gasteiger charge is -2.10.